The number of rotatable bonds is 7. The van der Waals surface area contributed by atoms with Gasteiger partial charge in [0.05, 0.1) is 17.9 Å². The van der Waals surface area contributed by atoms with Gasteiger partial charge in [-0.05, 0) is 36.6 Å². The van der Waals surface area contributed by atoms with Crippen molar-refractivity contribution in [2.45, 2.75) is 37.9 Å². The van der Waals surface area contributed by atoms with Crippen LogP contribution < -0.4 is 5.32 Å². The molecule has 144 valence electrons. The molecule has 0 aliphatic carbocycles. The molecule has 0 saturated heterocycles. The Morgan fingerprint density at radius 1 is 1.04 bits per heavy atom. The van der Waals surface area contributed by atoms with Gasteiger partial charge in [-0.1, -0.05) is 42.5 Å². The first-order valence-corrected chi connectivity index (χ1v) is 8.40. The highest BCUT2D eigenvalue weighted by Gasteiger charge is 2.30. The first kappa shape index (κ1) is 20.5. The lowest BCUT2D eigenvalue weighted by molar-refractivity contribution is -0.138. The quantitative estimate of drug-likeness (QED) is 0.764. The molecule has 0 radical (unpaired) electrons. The molecule has 27 heavy (non-hydrogen) atoms. The highest BCUT2D eigenvalue weighted by atomic mass is 19.4. The molecular formula is C20H20F3NO3. The van der Waals surface area contributed by atoms with Crippen molar-refractivity contribution < 1.29 is 27.9 Å². The number of hydrogen-bond acceptors (Lipinski definition) is 2. The van der Waals surface area contributed by atoms with Gasteiger partial charge in [-0.25, -0.2) is 0 Å². The summed E-state index contributed by atoms with van der Waals surface area (Å²) in [6.07, 6.45) is -4.63. The first-order chi connectivity index (χ1) is 12.7. The molecule has 2 aromatic rings. The lowest BCUT2D eigenvalue weighted by atomic mass is 9.98. The summed E-state index contributed by atoms with van der Waals surface area (Å²) >= 11 is 0. The van der Waals surface area contributed by atoms with Crippen molar-refractivity contribution in [2.75, 3.05) is 0 Å². The fourth-order valence-electron chi connectivity index (χ4n) is 2.72. The second kappa shape index (κ2) is 8.70. The zero-order valence-corrected chi connectivity index (χ0v) is 14.7. The molecule has 0 saturated carbocycles. The van der Waals surface area contributed by atoms with E-state index >= 15 is 0 Å². The molecule has 2 atom stereocenters. The van der Waals surface area contributed by atoms with Crippen LogP contribution in [0.5, 0.6) is 0 Å². The number of nitrogens with one attached hydrogen (secondary N) is 1. The Bertz CT molecular complexity index is 773. The van der Waals surface area contributed by atoms with E-state index in [4.69, 9.17) is 5.11 Å². The van der Waals surface area contributed by atoms with E-state index in [-0.39, 0.29) is 18.7 Å². The van der Waals surface area contributed by atoms with Crippen LogP contribution in [-0.4, -0.2) is 23.0 Å². The molecule has 0 aromatic heterocycles. The Morgan fingerprint density at radius 3 is 2.15 bits per heavy atom. The number of carbonyl (C=O) groups excluding carboxylic acids is 1. The van der Waals surface area contributed by atoms with E-state index in [0.29, 0.717) is 5.56 Å². The van der Waals surface area contributed by atoms with Gasteiger partial charge in [0.25, 0.3) is 0 Å². The smallest absolute Gasteiger partial charge is 0.416 e. The molecule has 0 fully saturated rings. The van der Waals surface area contributed by atoms with Crippen molar-refractivity contribution in [3.8, 4) is 0 Å². The van der Waals surface area contributed by atoms with Gasteiger partial charge in [0.1, 0.15) is 0 Å². The zero-order chi connectivity index (χ0) is 20.0. The molecule has 2 N–H and O–H groups in total. The van der Waals surface area contributed by atoms with Crippen molar-refractivity contribution in [2.24, 2.45) is 0 Å². The third kappa shape index (κ3) is 6.13. The van der Waals surface area contributed by atoms with Crippen LogP contribution in [0.4, 0.5) is 13.2 Å². The Kier molecular flexibility index (Phi) is 6.60. The summed E-state index contributed by atoms with van der Waals surface area (Å²) in [6, 6.07) is 12.8. The summed E-state index contributed by atoms with van der Waals surface area (Å²) in [5.74, 6) is -1.91. The van der Waals surface area contributed by atoms with Gasteiger partial charge < -0.3 is 10.4 Å². The molecule has 0 spiro atoms. The number of carbonyl (C=O) groups is 2. The summed E-state index contributed by atoms with van der Waals surface area (Å²) in [7, 11) is 0. The van der Waals surface area contributed by atoms with Crippen LogP contribution in [0, 0.1) is 0 Å². The van der Waals surface area contributed by atoms with Crippen LogP contribution in [0.2, 0.25) is 0 Å². The maximum Gasteiger partial charge on any atom is 0.416 e. The van der Waals surface area contributed by atoms with Crippen LogP contribution in [0.1, 0.15) is 36.0 Å². The molecule has 7 heteroatoms. The number of carboxylic acids is 1. The van der Waals surface area contributed by atoms with Crippen LogP contribution in [0.15, 0.2) is 54.6 Å². The number of amides is 1. The number of alkyl halides is 3. The summed E-state index contributed by atoms with van der Waals surface area (Å²) < 4.78 is 37.9. The fraction of sp³-hybridized carbons (Fsp3) is 0.300. The average molecular weight is 379 g/mol. The maximum atomic E-state index is 12.6. The summed E-state index contributed by atoms with van der Waals surface area (Å²) in [5.41, 5.74) is 0.531. The lowest BCUT2D eigenvalue weighted by Gasteiger charge is -2.20. The summed E-state index contributed by atoms with van der Waals surface area (Å²) in [4.78, 5) is 23.6. The Morgan fingerprint density at radius 2 is 1.63 bits per heavy atom. The van der Waals surface area contributed by atoms with Crippen molar-refractivity contribution >= 4 is 11.9 Å². The van der Waals surface area contributed by atoms with E-state index in [9.17, 15) is 22.8 Å². The number of halogens is 3. The van der Waals surface area contributed by atoms with Crippen LogP contribution in [-0.2, 0) is 22.2 Å². The van der Waals surface area contributed by atoms with E-state index < -0.39 is 29.7 Å². The van der Waals surface area contributed by atoms with Crippen LogP contribution >= 0.6 is 0 Å². The molecule has 4 nitrogen and oxygen atoms in total. The van der Waals surface area contributed by atoms with Gasteiger partial charge in [0, 0.05) is 6.04 Å². The SMILES string of the molecule is CC(C(=O)NC(CC(=O)O)Cc1ccc(C(F)(F)F)cc1)c1ccccc1. The van der Waals surface area contributed by atoms with Crippen LogP contribution in [0.3, 0.4) is 0 Å². The Balaban J connectivity index is 2.08. The van der Waals surface area contributed by atoms with Gasteiger partial charge in [0.2, 0.25) is 5.91 Å². The van der Waals surface area contributed by atoms with E-state index in [1.165, 1.54) is 12.1 Å². The molecular weight excluding hydrogens is 359 g/mol. The predicted molar refractivity (Wildman–Crippen MR) is 94.2 cm³/mol. The van der Waals surface area contributed by atoms with Crippen molar-refractivity contribution in [1.82, 2.24) is 5.32 Å². The normalized spacial score (nSPS) is 13.6. The minimum Gasteiger partial charge on any atom is -0.481 e. The first-order valence-electron chi connectivity index (χ1n) is 8.40. The third-order valence-electron chi connectivity index (χ3n) is 4.22. The lowest BCUT2D eigenvalue weighted by Crippen LogP contribution is -2.40. The van der Waals surface area contributed by atoms with Crippen molar-refractivity contribution in [3.63, 3.8) is 0 Å². The standard InChI is InChI=1S/C20H20F3NO3/c1-13(15-5-3-2-4-6-15)19(27)24-17(12-18(25)26)11-14-7-9-16(10-8-14)20(21,22)23/h2-10,13,17H,11-12H2,1H3,(H,24,27)(H,25,26). The van der Waals surface area contributed by atoms with Gasteiger partial charge in [-0.15, -0.1) is 0 Å². The second-order valence-corrected chi connectivity index (χ2v) is 6.33. The molecule has 0 aliphatic rings. The highest BCUT2D eigenvalue weighted by Crippen LogP contribution is 2.29. The highest BCUT2D eigenvalue weighted by molar-refractivity contribution is 5.84. The number of carboxylic acid groups (broad SMARTS) is 1. The molecule has 0 bridgehead atoms. The third-order valence-corrected chi connectivity index (χ3v) is 4.22. The summed E-state index contributed by atoms with van der Waals surface area (Å²) in [6.45, 7) is 1.71. The Labute approximate surface area is 155 Å². The van der Waals surface area contributed by atoms with Gasteiger partial charge >= 0.3 is 12.1 Å². The number of benzene rings is 2. The van der Waals surface area contributed by atoms with E-state index in [1.54, 1.807) is 31.2 Å². The van der Waals surface area contributed by atoms with Gasteiger partial charge in [-0.2, -0.15) is 13.2 Å². The predicted octanol–water partition coefficient (Wildman–Crippen LogP) is 4.01. The van der Waals surface area contributed by atoms with E-state index in [2.05, 4.69) is 5.32 Å². The van der Waals surface area contributed by atoms with E-state index in [1.807, 2.05) is 6.07 Å². The van der Waals surface area contributed by atoms with Crippen molar-refractivity contribution in [1.29, 1.82) is 0 Å². The van der Waals surface area contributed by atoms with E-state index in [0.717, 1.165) is 17.7 Å². The van der Waals surface area contributed by atoms with Crippen molar-refractivity contribution in [3.05, 3.63) is 71.3 Å². The molecule has 2 rings (SSSR count). The minimum absolute atomic E-state index is 0.123. The molecule has 1 amide bonds. The molecule has 0 aliphatic heterocycles. The molecule has 0 heterocycles. The number of hydrogen-bond donors (Lipinski definition) is 2. The topological polar surface area (TPSA) is 66.4 Å². The minimum atomic E-state index is -4.43. The number of aliphatic carboxylic acids is 1. The Hall–Kier alpha value is -2.83. The second-order valence-electron chi connectivity index (χ2n) is 6.33. The monoisotopic (exact) mass is 379 g/mol. The molecule has 2 unspecified atom stereocenters. The fourth-order valence-corrected chi connectivity index (χ4v) is 2.72. The molecule has 2 aromatic carbocycles. The average Bonchev–Trinajstić information content (AvgIpc) is 2.61. The largest absolute Gasteiger partial charge is 0.481 e. The zero-order valence-electron chi connectivity index (χ0n) is 14.7. The van der Waals surface area contributed by atoms with Crippen LogP contribution in [0.25, 0.3) is 0 Å². The van der Waals surface area contributed by atoms with Gasteiger partial charge in [0.15, 0.2) is 0 Å². The summed E-state index contributed by atoms with van der Waals surface area (Å²) in [5, 5.41) is 11.8. The van der Waals surface area contributed by atoms with Gasteiger partial charge in [-0.3, -0.25) is 9.59 Å². The maximum absolute atomic E-state index is 12.6.